The molecule has 1 fully saturated rings. The maximum absolute atomic E-state index is 10.4. The van der Waals surface area contributed by atoms with Crippen LogP contribution in [-0.4, -0.2) is 17.5 Å². The van der Waals surface area contributed by atoms with E-state index in [-0.39, 0.29) is 11.5 Å². The maximum atomic E-state index is 10.4. The van der Waals surface area contributed by atoms with Gasteiger partial charge in [-0.25, -0.2) is 0 Å². The number of hydrogen-bond donors (Lipinski definition) is 1. The highest BCUT2D eigenvalue weighted by molar-refractivity contribution is 5.59. The van der Waals surface area contributed by atoms with E-state index in [1.165, 1.54) is 0 Å². The van der Waals surface area contributed by atoms with Crippen LogP contribution >= 0.6 is 0 Å². The first kappa shape index (κ1) is 6.75. The van der Waals surface area contributed by atoms with Crippen LogP contribution in [0.1, 0.15) is 26.2 Å². The number of carbonyl (C=O) groups is 1. The summed E-state index contributed by atoms with van der Waals surface area (Å²) in [5.41, 5.74) is -0.223. The fourth-order valence-corrected chi connectivity index (χ4v) is 1.35. The highest BCUT2D eigenvalue weighted by Crippen LogP contribution is 2.35. The normalized spacial score (nSPS) is 43.1. The molecule has 0 aromatic carbocycles. The number of rotatable bonds is 1. The minimum absolute atomic E-state index is 0.223. The Morgan fingerprint density at radius 3 is 2.67 bits per heavy atom. The monoisotopic (exact) mass is 128 g/mol. The average Bonchev–Trinajstić information content (AvgIpc) is 2.13. The molecule has 0 heterocycles. The lowest BCUT2D eigenvalue weighted by Crippen LogP contribution is -2.14. The molecular formula is C7H12O2. The molecule has 2 nitrogen and oxygen atoms in total. The van der Waals surface area contributed by atoms with Gasteiger partial charge in [0.2, 0.25) is 0 Å². The first-order valence-corrected chi connectivity index (χ1v) is 3.31. The van der Waals surface area contributed by atoms with Crippen molar-refractivity contribution in [2.75, 3.05) is 0 Å². The van der Waals surface area contributed by atoms with Crippen molar-refractivity contribution < 1.29 is 9.90 Å². The molecular weight excluding hydrogens is 116 g/mol. The van der Waals surface area contributed by atoms with Crippen molar-refractivity contribution in [1.82, 2.24) is 0 Å². The van der Waals surface area contributed by atoms with Gasteiger partial charge in [0.05, 0.1) is 6.10 Å². The SMILES string of the molecule is CC1(C=O)CC[C@@H](O)C1. The molecule has 2 atom stereocenters. The summed E-state index contributed by atoms with van der Waals surface area (Å²) < 4.78 is 0. The molecule has 1 aliphatic carbocycles. The van der Waals surface area contributed by atoms with Gasteiger partial charge in [-0.05, 0) is 19.3 Å². The summed E-state index contributed by atoms with van der Waals surface area (Å²) in [5, 5.41) is 9.04. The van der Waals surface area contributed by atoms with E-state index >= 15 is 0 Å². The predicted molar refractivity (Wildman–Crippen MR) is 34.0 cm³/mol. The molecule has 1 N–H and O–H groups in total. The standard InChI is InChI=1S/C7H12O2/c1-7(5-8)3-2-6(9)4-7/h5-6,9H,2-4H2,1H3/t6-,7?/m1/s1. The van der Waals surface area contributed by atoms with Crippen molar-refractivity contribution in [3.63, 3.8) is 0 Å². The Morgan fingerprint density at radius 1 is 1.78 bits per heavy atom. The first-order valence-electron chi connectivity index (χ1n) is 3.31. The highest BCUT2D eigenvalue weighted by Gasteiger charge is 2.33. The summed E-state index contributed by atoms with van der Waals surface area (Å²) in [5.74, 6) is 0. The summed E-state index contributed by atoms with van der Waals surface area (Å²) in [4.78, 5) is 10.4. The summed E-state index contributed by atoms with van der Waals surface area (Å²) >= 11 is 0. The zero-order valence-corrected chi connectivity index (χ0v) is 5.63. The van der Waals surface area contributed by atoms with Crippen molar-refractivity contribution in [2.24, 2.45) is 5.41 Å². The molecule has 1 saturated carbocycles. The molecule has 52 valence electrons. The van der Waals surface area contributed by atoms with Crippen molar-refractivity contribution in [2.45, 2.75) is 32.3 Å². The smallest absolute Gasteiger partial charge is 0.125 e. The van der Waals surface area contributed by atoms with Gasteiger partial charge in [-0.1, -0.05) is 6.92 Å². The fraction of sp³-hybridized carbons (Fsp3) is 0.857. The van der Waals surface area contributed by atoms with Crippen LogP contribution in [0.4, 0.5) is 0 Å². The molecule has 0 bridgehead atoms. The van der Waals surface area contributed by atoms with Gasteiger partial charge in [-0.15, -0.1) is 0 Å². The summed E-state index contributed by atoms with van der Waals surface area (Å²) in [7, 11) is 0. The second kappa shape index (κ2) is 2.10. The third-order valence-electron chi connectivity index (χ3n) is 2.04. The van der Waals surface area contributed by atoms with Crippen LogP contribution in [0.2, 0.25) is 0 Å². The number of hydrogen-bond acceptors (Lipinski definition) is 2. The maximum Gasteiger partial charge on any atom is 0.125 e. The number of aldehydes is 1. The van der Waals surface area contributed by atoms with Crippen LogP contribution in [-0.2, 0) is 4.79 Å². The molecule has 0 aliphatic heterocycles. The zero-order valence-electron chi connectivity index (χ0n) is 5.63. The van der Waals surface area contributed by atoms with E-state index in [0.717, 1.165) is 19.1 Å². The third kappa shape index (κ3) is 1.30. The molecule has 0 spiro atoms. The van der Waals surface area contributed by atoms with E-state index < -0.39 is 0 Å². The Bertz CT molecular complexity index is 122. The summed E-state index contributed by atoms with van der Waals surface area (Å²) in [6.45, 7) is 1.90. The molecule has 0 saturated heterocycles. The Balaban J connectivity index is 2.54. The van der Waals surface area contributed by atoms with Gasteiger partial charge in [0.25, 0.3) is 0 Å². The second-order valence-electron chi connectivity index (χ2n) is 3.17. The van der Waals surface area contributed by atoms with E-state index in [2.05, 4.69) is 0 Å². The van der Waals surface area contributed by atoms with Crippen LogP contribution < -0.4 is 0 Å². The van der Waals surface area contributed by atoms with E-state index in [1.807, 2.05) is 6.92 Å². The van der Waals surface area contributed by atoms with Crippen LogP contribution in [0, 0.1) is 5.41 Å². The number of aliphatic hydroxyl groups excluding tert-OH is 1. The van der Waals surface area contributed by atoms with Crippen LogP contribution in [0.5, 0.6) is 0 Å². The molecule has 9 heavy (non-hydrogen) atoms. The molecule has 0 aromatic rings. The van der Waals surface area contributed by atoms with Gasteiger partial charge in [-0.3, -0.25) is 0 Å². The zero-order chi connectivity index (χ0) is 6.91. The largest absolute Gasteiger partial charge is 0.393 e. The van der Waals surface area contributed by atoms with Crippen molar-refractivity contribution >= 4 is 6.29 Å². The van der Waals surface area contributed by atoms with Gasteiger partial charge in [0.1, 0.15) is 6.29 Å². The van der Waals surface area contributed by atoms with Crippen LogP contribution in [0.25, 0.3) is 0 Å². The number of aliphatic hydroxyl groups is 1. The lowest BCUT2D eigenvalue weighted by atomic mass is 9.91. The second-order valence-corrected chi connectivity index (χ2v) is 3.17. The van der Waals surface area contributed by atoms with Gasteiger partial charge in [-0.2, -0.15) is 0 Å². The molecule has 1 rings (SSSR count). The molecule has 0 aromatic heterocycles. The number of carbonyl (C=O) groups excluding carboxylic acids is 1. The highest BCUT2D eigenvalue weighted by atomic mass is 16.3. The van der Waals surface area contributed by atoms with Crippen molar-refractivity contribution in [3.05, 3.63) is 0 Å². The molecule has 1 unspecified atom stereocenters. The molecule has 0 radical (unpaired) electrons. The predicted octanol–water partition coefficient (Wildman–Crippen LogP) is 0.736. The molecule has 2 heteroatoms. The minimum Gasteiger partial charge on any atom is -0.393 e. The lowest BCUT2D eigenvalue weighted by molar-refractivity contribution is -0.115. The van der Waals surface area contributed by atoms with E-state index in [4.69, 9.17) is 5.11 Å². The summed E-state index contributed by atoms with van der Waals surface area (Å²) in [6.07, 6.45) is 3.01. The Kier molecular flexibility index (Phi) is 1.58. The van der Waals surface area contributed by atoms with Gasteiger partial charge in [0, 0.05) is 5.41 Å². The van der Waals surface area contributed by atoms with Gasteiger partial charge in [0.15, 0.2) is 0 Å². The van der Waals surface area contributed by atoms with Gasteiger partial charge < -0.3 is 9.90 Å². The van der Waals surface area contributed by atoms with E-state index in [0.29, 0.717) is 6.42 Å². The van der Waals surface area contributed by atoms with Crippen LogP contribution in [0.15, 0.2) is 0 Å². The minimum atomic E-state index is -0.236. The quantitative estimate of drug-likeness (QED) is 0.529. The lowest BCUT2D eigenvalue weighted by Gasteiger charge is -2.12. The van der Waals surface area contributed by atoms with Crippen LogP contribution in [0.3, 0.4) is 0 Å². The van der Waals surface area contributed by atoms with Crippen molar-refractivity contribution in [1.29, 1.82) is 0 Å². The van der Waals surface area contributed by atoms with E-state index in [1.54, 1.807) is 0 Å². The fourth-order valence-electron chi connectivity index (χ4n) is 1.35. The Labute approximate surface area is 54.9 Å². The molecule has 1 aliphatic rings. The third-order valence-corrected chi connectivity index (χ3v) is 2.04. The summed E-state index contributed by atoms with van der Waals surface area (Å²) in [6, 6.07) is 0. The Morgan fingerprint density at radius 2 is 2.44 bits per heavy atom. The van der Waals surface area contributed by atoms with Gasteiger partial charge >= 0.3 is 0 Å². The Hall–Kier alpha value is -0.370. The van der Waals surface area contributed by atoms with E-state index in [9.17, 15) is 4.79 Å². The average molecular weight is 128 g/mol. The van der Waals surface area contributed by atoms with Crippen molar-refractivity contribution in [3.8, 4) is 0 Å². The topological polar surface area (TPSA) is 37.3 Å². The molecule has 0 amide bonds. The first-order chi connectivity index (χ1) is 4.16.